The summed E-state index contributed by atoms with van der Waals surface area (Å²) in [6.45, 7) is 2.64. The predicted octanol–water partition coefficient (Wildman–Crippen LogP) is 0.238. The molecule has 18 heavy (non-hydrogen) atoms. The van der Waals surface area contributed by atoms with Crippen LogP contribution in [-0.4, -0.2) is 60.8 Å². The summed E-state index contributed by atoms with van der Waals surface area (Å²) >= 11 is 0. The molecular weight excluding hydrogens is 256 g/mol. The van der Waals surface area contributed by atoms with E-state index in [2.05, 4.69) is 0 Å². The molecule has 0 bridgehead atoms. The Kier molecular flexibility index (Phi) is 3.61. The van der Waals surface area contributed by atoms with Gasteiger partial charge < -0.3 is 4.90 Å². The highest BCUT2D eigenvalue weighted by atomic mass is 32.2. The number of unbranched alkanes of at least 4 members (excludes halogenated alkanes) is 1. The fourth-order valence-corrected chi connectivity index (χ4v) is 3.94. The molecule has 2 aliphatic rings. The largest absolute Gasteiger partial charge is 0.327 e. The second kappa shape index (κ2) is 4.87. The summed E-state index contributed by atoms with van der Waals surface area (Å²) in [4.78, 5) is 26.8. The Morgan fingerprint density at radius 1 is 1.33 bits per heavy atom. The van der Waals surface area contributed by atoms with Crippen LogP contribution in [0.25, 0.3) is 0 Å². The van der Waals surface area contributed by atoms with E-state index in [1.165, 1.54) is 9.80 Å². The zero-order chi connectivity index (χ0) is 13.3. The van der Waals surface area contributed by atoms with Crippen molar-refractivity contribution >= 4 is 21.8 Å². The van der Waals surface area contributed by atoms with Crippen LogP contribution in [0.2, 0.25) is 0 Å². The first-order chi connectivity index (χ1) is 8.44. The van der Waals surface area contributed by atoms with Crippen LogP contribution in [0.5, 0.6) is 0 Å². The van der Waals surface area contributed by atoms with Crippen molar-refractivity contribution in [3.63, 3.8) is 0 Å². The van der Waals surface area contributed by atoms with E-state index in [0.29, 0.717) is 6.54 Å². The van der Waals surface area contributed by atoms with E-state index in [4.69, 9.17) is 0 Å². The van der Waals surface area contributed by atoms with Gasteiger partial charge in [0, 0.05) is 19.5 Å². The summed E-state index contributed by atoms with van der Waals surface area (Å²) in [5.74, 6) is -0.316. The van der Waals surface area contributed by atoms with Crippen LogP contribution in [0.1, 0.15) is 26.2 Å². The Balaban J connectivity index is 2.12. The van der Waals surface area contributed by atoms with Crippen LogP contribution in [0.3, 0.4) is 0 Å². The number of nitrogens with zero attached hydrogens (tertiary/aromatic N) is 2. The zero-order valence-electron chi connectivity index (χ0n) is 10.5. The average Bonchev–Trinajstić information content (AvgIpc) is 2.27. The lowest BCUT2D eigenvalue weighted by Gasteiger charge is -2.42. The monoisotopic (exact) mass is 274 g/mol. The lowest BCUT2D eigenvalue weighted by molar-refractivity contribution is -0.132. The van der Waals surface area contributed by atoms with Crippen molar-refractivity contribution in [3.05, 3.63) is 0 Å². The number of hydrogen-bond acceptors (Lipinski definition) is 4. The van der Waals surface area contributed by atoms with Gasteiger partial charge in [-0.2, -0.15) is 0 Å². The van der Waals surface area contributed by atoms with Crippen molar-refractivity contribution in [2.24, 2.45) is 0 Å². The van der Waals surface area contributed by atoms with Gasteiger partial charge in [-0.1, -0.05) is 13.3 Å². The first-order valence-electron chi connectivity index (χ1n) is 6.26. The third kappa shape index (κ3) is 2.50. The summed E-state index contributed by atoms with van der Waals surface area (Å²) in [6.07, 6.45) is 1.83. The quantitative estimate of drug-likeness (QED) is 0.738. The molecule has 102 valence electrons. The molecule has 0 aromatic rings. The van der Waals surface area contributed by atoms with Crippen molar-refractivity contribution in [2.75, 3.05) is 24.6 Å². The lowest BCUT2D eigenvalue weighted by atomic mass is 10.1. The van der Waals surface area contributed by atoms with Crippen molar-refractivity contribution in [1.29, 1.82) is 0 Å². The minimum absolute atomic E-state index is 0.00501. The maximum Gasteiger partial charge on any atom is 0.327 e. The molecule has 3 amide bonds. The molecule has 2 heterocycles. The minimum Gasteiger partial charge on any atom is -0.319 e. The number of fused-ring (bicyclic) bond motifs is 1. The van der Waals surface area contributed by atoms with E-state index >= 15 is 0 Å². The molecule has 1 unspecified atom stereocenters. The van der Waals surface area contributed by atoms with Gasteiger partial charge >= 0.3 is 6.03 Å². The van der Waals surface area contributed by atoms with E-state index in [9.17, 15) is 18.0 Å². The maximum atomic E-state index is 12.1. The van der Waals surface area contributed by atoms with E-state index in [1.54, 1.807) is 0 Å². The van der Waals surface area contributed by atoms with Crippen molar-refractivity contribution < 1.29 is 18.0 Å². The van der Waals surface area contributed by atoms with Gasteiger partial charge in [-0.25, -0.2) is 13.2 Å². The fraction of sp³-hybridized carbons (Fsp3) is 0.818. The molecule has 0 saturated carbocycles. The molecule has 2 saturated heterocycles. The van der Waals surface area contributed by atoms with Gasteiger partial charge in [0.05, 0.1) is 17.5 Å². The number of hydrogen-bond donors (Lipinski definition) is 0. The van der Waals surface area contributed by atoms with Gasteiger partial charge in [-0.15, -0.1) is 0 Å². The molecule has 6 nitrogen and oxygen atoms in total. The van der Waals surface area contributed by atoms with Gasteiger partial charge in [0.15, 0.2) is 9.84 Å². The third-order valence-electron chi connectivity index (χ3n) is 3.45. The molecule has 0 spiro atoms. The highest BCUT2D eigenvalue weighted by Crippen LogP contribution is 2.23. The standard InChI is InChI=1S/C11H18N2O4S/c1-2-3-4-13-10(14)7-9-8-18(16,17)6-5-12(9)11(13)15/h9H,2-8H2,1H3. The summed E-state index contributed by atoms with van der Waals surface area (Å²) in [6, 6.07) is -0.777. The van der Waals surface area contributed by atoms with Crippen molar-refractivity contribution in [1.82, 2.24) is 9.80 Å². The van der Waals surface area contributed by atoms with Gasteiger partial charge in [0.25, 0.3) is 0 Å². The van der Waals surface area contributed by atoms with E-state index in [0.717, 1.165) is 12.8 Å². The summed E-state index contributed by atoms with van der Waals surface area (Å²) in [7, 11) is -3.10. The number of carbonyl (C=O) groups is 2. The van der Waals surface area contributed by atoms with Gasteiger partial charge in [-0.3, -0.25) is 9.69 Å². The number of urea groups is 1. The smallest absolute Gasteiger partial charge is 0.319 e. The SMILES string of the molecule is CCCCN1C(=O)CC2CS(=O)(=O)CCN2C1=O. The molecule has 2 aliphatic heterocycles. The molecule has 0 radical (unpaired) electrons. The van der Waals surface area contributed by atoms with Gasteiger partial charge in [0.1, 0.15) is 0 Å². The van der Waals surface area contributed by atoms with E-state index in [1.807, 2.05) is 6.92 Å². The van der Waals surface area contributed by atoms with E-state index < -0.39 is 15.9 Å². The predicted molar refractivity (Wildman–Crippen MR) is 65.8 cm³/mol. The van der Waals surface area contributed by atoms with Crippen LogP contribution in [0.15, 0.2) is 0 Å². The Bertz CT molecular complexity index is 460. The van der Waals surface area contributed by atoms with E-state index in [-0.39, 0.29) is 36.4 Å². The topological polar surface area (TPSA) is 74.8 Å². The molecule has 2 rings (SSSR count). The number of rotatable bonds is 3. The second-order valence-corrected chi connectivity index (χ2v) is 7.08. The lowest BCUT2D eigenvalue weighted by Crippen LogP contribution is -2.62. The summed E-state index contributed by atoms with van der Waals surface area (Å²) in [5, 5.41) is 0. The van der Waals surface area contributed by atoms with Gasteiger partial charge in [-0.05, 0) is 6.42 Å². The molecule has 0 aromatic carbocycles. The maximum absolute atomic E-state index is 12.1. The van der Waals surface area contributed by atoms with Crippen LogP contribution in [0.4, 0.5) is 4.79 Å². The van der Waals surface area contributed by atoms with Crippen LogP contribution in [-0.2, 0) is 14.6 Å². The molecule has 1 atom stereocenters. The number of amides is 3. The summed E-state index contributed by atoms with van der Waals surface area (Å²) in [5.41, 5.74) is 0. The molecule has 0 aliphatic carbocycles. The molecular formula is C11H18N2O4S. The zero-order valence-corrected chi connectivity index (χ0v) is 11.3. The number of imide groups is 1. The van der Waals surface area contributed by atoms with Gasteiger partial charge in [0.2, 0.25) is 5.91 Å². The Hall–Kier alpha value is -1.11. The molecule has 7 heteroatoms. The van der Waals surface area contributed by atoms with Crippen molar-refractivity contribution in [2.45, 2.75) is 32.2 Å². The molecule has 0 N–H and O–H groups in total. The van der Waals surface area contributed by atoms with Crippen LogP contribution < -0.4 is 0 Å². The van der Waals surface area contributed by atoms with Crippen LogP contribution >= 0.6 is 0 Å². The average molecular weight is 274 g/mol. The third-order valence-corrected chi connectivity index (χ3v) is 5.15. The van der Waals surface area contributed by atoms with Crippen molar-refractivity contribution in [3.8, 4) is 0 Å². The second-order valence-electron chi connectivity index (χ2n) is 4.85. The number of carbonyl (C=O) groups excluding carboxylic acids is 2. The Morgan fingerprint density at radius 2 is 2.06 bits per heavy atom. The fourth-order valence-electron chi connectivity index (χ4n) is 2.42. The first kappa shape index (κ1) is 13.3. The highest BCUT2D eigenvalue weighted by molar-refractivity contribution is 7.91. The first-order valence-corrected chi connectivity index (χ1v) is 8.08. The summed E-state index contributed by atoms with van der Waals surface area (Å²) < 4.78 is 23.0. The number of sulfone groups is 1. The normalized spacial score (nSPS) is 27.3. The van der Waals surface area contributed by atoms with Crippen LogP contribution in [0, 0.1) is 0 Å². The Labute approximate surface area is 107 Å². The molecule has 0 aromatic heterocycles. The highest BCUT2D eigenvalue weighted by Gasteiger charge is 2.43. The minimum atomic E-state index is -3.10. The molecule has 2 fully saturated rings. The Morgan fingerprint density at radius 3 is 2.72 bits per heavy atom.